The van der Waals surface area contributed by atoms with Crippen molar-refractivity contribution in [3.63, 3.8) is 0 Å². The molecule has 0 atom stereocenters. The van der Waals surface area contributed by atoms with Crippen molar-refractivity contribution in [1.29, 1.82) is 0 Å². The smallest absolute Gasteiger partial charge is 0.183 e. The van der Waals surface area contributed by atoms with Crippen molar-refractivity contribution in [2.24, 2.45) is 5.41 Å². The van der Waals surface area contributed by atoms with Gasteiger partial charge in [-0.05, 0) is 31.0 Å². The Morgan fingerprint density at radius 1 is 1.30 bits per heavy atom. The van der Waals surface area contributed by atoms with Crippen LogP contribution in [0.2, 0.25) is 0 Å². The summed E-state index contributed by atoms with van der Waals surface area (Å²) in [6, 6.07) is 5.79. The molecule has 108 valence electrons. The van der Waals surface area contributed by atoms with Crippen LogP contribution in [0.25, 0.3) is 10.2 Å². The number of aromatic nitrogens is 1. The average molecular weight is 291 g/mol. The zero-order chi connectivity index (χ0) is 14.0. The fourth-order valence-electron chi connectivity index (χ4n) is 2.97. The second-order valence-corrected chi connectivity index (χ2v) is 6.85. The molecule has 1 aliphatic carbocycles. The third-order valence-corrected chi connectivity index (χ3v) is 5.25. The first-order valence-electron chi connectivity index (χ1n) is 7.22. The minimum Gasteiger partial charge on any atom is -0.399 e. The predicted molar refractivity (Wildman–Crippen MR) is 85.1 cm³/mol. The predicted octanol–water partition coefficient (Wildman–Crippen LogP) is 3.23. The molecule has 1 saturated carbocycles. The molecular formula is C15H21N3OS. The molecule has 0 radical (unpaired) electrons. The maximum Gasteiger partial charge on any atom is 0.183 e. The number of nitrogens with one attached hydrogen (secondary N) is 1. The van der Waals surface area contributed by atoms with Gasteiger partial charge >= 0.3 is 0 Å². The van der Waals surface area contributed by atoms with Crippen LogP contribution in [0, 0.1) is 5.41 Å². The van der Waals surface area contributed by atoms with E-state index < -0.39 is 0 Å². The van der Waals surface area contributed by atoms with Gasteiger partial charge in [0.25, 0.3) is 0 Å². The maximum absolute atomic E-state index is 9.72. The number of hydrogen-bond donors (Lipinski definition) is 3. The van der Waals surface area contributed by atoms with Gasteiger partial charge in [-0.2, -0.15) is 0 Å². The number of thiazole rings is 1. The molecule has 1 fully saturated rings. The summed E-state index contributed by atoms with van der Waals surface area (Å²) in [4.78, 5) is 4.57. The topological polar surface area (TPSA) is 71.2 Å². The first-order valence-corrected chi connectivity index (χ1v) is 8.03. The van der Waals surface area contributed by atoms with E-state index in [0.717, 1.165) is 40.4 Å². The summed E-state index contributed by atoms with van der Waals surface area (Å²) in [5, 5.41) is 14.1. The number of nitrogen functional groups attached to an aromatic ring is 1. The first-order chi connectivity index (χ1) is 9.71. The number of hydrogen-bond acceptors (Lipinski definition) is 5. The minimum atomic E-state index is 0.0368. The lowest BCUT2D eigenvalue weighted by atomic mass is 9.74. The third-order valence-electron chi connectivity index (χ3n) is 4.28. The lowest BCUT2D eigenvalue weighted by Gasteiger charge is -2.35. The van der Waals surface area contributed by atoms with Crippen LogP contribution in [0.5, 0.6) is 0 Å². The number of fused-ring (bicyclic) bond motifs is 1. The average Bonchev–Trinajstić information content (AvgIpc) is 2.88. The molecule has 0 saturated heterocycles. The van der Waals surface area contributed by atoms with E-state index in [0.29, 0.717) is 0 Å². The fourth-order valence-corrected chi connectivity index (χ4v) is 3.88. The highest BCUT2D eigenvalue weighted by Crippen LogP contribution is 2.36. The number of rotatable bonds is 4. The number of aliphatic hydroxyl groups is 1. The minimum absolute atomic E-state index is 0.0368. The van der Waals surface area contributed by atoms with Gasteiger partial charge in [-0.15, -0.1) is 0 Å². The van der Waals surface area contributed by atoms with Crippen LogP contribution in [0.15, 0.2) is 18.2 Å². The number of benzene rings is 1. The van der Waals surface area contributed by atoms with Crippen LogP contribution in [0.1, 0.15) is 32.1 Å². The molecule has 0 spiro atoms. The number of nitrogens with zero attached hydrogens (tertiary/aromatic N) is 1. The Hall–Kier alpha value is -1.33. The van der Waals surface area contributed by atoms with E-state index in [1.54, 1.807) is 11.3 Å². The van der Waals surface area contributed by atoms with Gasteiger partial charge in [0, 0.05) is 17.6 Å². The first kappa shape index (κ1) is 13.6. The van der Waals surface area contributed by atoms with Gasteiger partial charge in [0.15, 0.2) is 5.13 Å². The normalized spacial score (nSPS) is 18.2. The van der Waals surface area contributed by atoms with Crippen molar-refractivity contribution in [2.75, 3.05) is 24.2 Å². The quantitative estimate of drug-likeness (QED) is 0.756. The highest BCUT2D eigenvalue weighted by atomic mass is 32.1. The molecule has 4 nitrogen and oxygen atoms in total. The second-order valence-electron chi connectivity index (χ2n) is 5.82. The molecule has 0 amide bonds. The summed E-state index contributed by atoms with van der Waals surface area (Å²) in [5.41, 5.74) is 7.58. The van der Waals surface area contributed by atoms with E-state index >= 15 is 0 Å². The molecule has 4 N–H and O–H groups in total. The van der Waals surface area contributed by atoms with Gasteiger partial charge in [-0.25, -0.2) is 4.98 Å². The summed E-state index contributed by atoms with van der Waals surface area (Å²) in [5.74, 6) is 0. The van der Waals surface area contributed by atoms with Crippen LogP contribution in [-0.2, 0) is 0 Å². The van der Waals surface area contributed by atoms with Crippen molar-refractivity contribution in [3.05, 3.63) is 18.2 Å². The third kappa shape index (κ3) is 2.74. The number of anilines is 2. The Bertz CT molecular complexity index is 590. The van der Waals surface area contributed by atoms with Crippen LogP contribution >= 0.6 is 11.3 Å². The fraction of sp³-hybridized carbons (Fsp3) is 0.533. The van der Waals surface area contributed by atoms with Gasteiger partial charge in [-0.3, -0.25) is 0 Å². The standard InChI is InChI=1S/C15H21N3OS/c16-11-4-5-12-13(8-11)20-14(18-12)17-9-15(10-19)6-2-1-3-7-15/h4-5,8,19H,1-3,6-7,9-10,16H2,(H,17,18). The summed E-state index contributed by atoms with van der Waals surface area (Å²) in [6.07, 6.45) is 5.95. The second kappa shape index (κ2) is 5.58. The lowest BCUT2D eigenvalue weighted by molar-refractivity contribution is 0.0944. The summed E-state index contributed by atoms with van der Waals surface area (Å²) < 4.78 is 1.11. The van der Waals surface area contributed by atoms with Gasteiger partial charge in [0.2, 0.25) is 0 Å². The van der Waals surface area contributed by atoms with Gasteiger partial charge in [-0.1, -0.05) is 30.6 Å². The van der Waals surface area contributed by atoms with Crippen molar-refractivity contribution in [1.82, 2.24) is 4.98 Å². The highest BCUT2D eigenvalue weighted by Gasteiger charge is 2.31. The van der Waals surface area contributed by atoms with E-state index in [1.165, 1.54) is 19.3 Å². The Labute approximate surface area is 123 Å². The van der Waals surface area contributed by atoms with Gasteiger partial charge in [0.05, 0.1) is 16.8 Å². The Kier molecular flexibility index (Phi) is 3.81. The van der Waals surface area contributed by atoms with E-state index in [-0.39, 0.29) is 12.0 Å². The molecule has 0 aliphatic heterocycles. The molecule has 1 aliphatic rings. The highest BCUT2D eigenvalue weighted by molar-refractivity contribution is 7.22. The molecule has 20 heavy (non-hydrogen) atoms. The van der Waals surface area contributed by atoms with Crippen molar-refractivity contribution < 1.29 is 5.11 Å². The van der Waals surface area contributed by atoms with E-state index in [9.17, 15) is 5.11 Å². The maximum atomic E-state index is 9.72. The van der Waals surface area contributed by atoms with E-state index in [2.05, 4.69) is 10.3 Å². The van der Waals surface area contributed by atoms with E-state index in [1.807, 2.05) is 18.2 Å². The summed E-state index contributed by atoms with van der Waals surface area (Å²) >= 11 is 1.63. The largest absolute Gasteiger partial charge is 0.399 e. The molecule has 0 bridgehead atoms. The van der Waals surface area contributed by atoms with E-state index in [4.69, 9.17) is 5.73 Å². The molecule has 1 aromatic carbocycles. The SMILES string of the molecule is Nc1ccc2nc(NCC3(CO)CCCCC3)sc2c1. The monoisotopic (exact) mass is 291 g/mol. The van der Waals surface area contributed by atoms with Crippen LogP contribution in [0.3, 0.4) is 0 Å². The zero-order valence-corrected chi connectivity index (χ0v) is 12.4. The van der Waals surface area contributed by atoms with Crippen molar-refractivity contribution >= 4 is 32.4 Å². The van der Waals surface area contributed by atoms with Crippen molar-refractivity contribution in [2.45, 2.75) is 32.1 Å². The Balaban J connectivity index is 1.72. The molecule has 0 unspecified atom stereocenters. The molecule has 1 aromatic heterocycles. The molecule has 3 rings (SSSR count). The molecular weight excluding hydrogens is 270 g/mol. The zero-order valence-electron chi connectivity index (χ0n) is 11.6. The van der Waals surface area contributed by atoms with Crippen LogP contribution in [0.4, 0.5) is 10.8 Å². The lowest BCUT2D eigenvalue weighted by Crippen LogP contribution is -2.35. The number of nitrogens with two attached hydrogens (primary N) is 1. The molecule has 1 heterocycles. The molecule has 2 aromatic rings. The Morgan fingerprint density at radius 3 is 2.85 bits per heavy atom. The summed E-state index contributed by atoms with van der Waals surface area (Å²) in [7, 11) is 0. The van der Waals surface area contributed by atoms with Gasteiger partial charge in [0.1, 0.15) is 0 Å². The van der Waals surface area contributed by atoms with Crippen molar-refractivity contribution in [3.8, 4) is 0 Å². The van der Waals surface area contributed by atoms with Gasteiger partial charge < -0.3 is 16.2 Å². The van der Waals surface area contributed by atoms with Crippen LogP contribution in [-0.4, -0.2) is 23.2 Å². The van der Waals surface area contributed by atoms with Crippen LogP contribution < -0.4 is 11.1 Å². The summed E-state index contributed by atoms with van der Waals surface area (Å²) in [6.45, 7) is 1.07. The molecule has 5 heteroatoms. The Morgan fingerprint density at radius 2 is 2.10 bits per heavy atom. The number of aliphatic hydroxyl groups excluding tert-OH is 1.